The summed E-state index contributed by atoms with van der Waals surface area (Å²) >= 11 is 0. The standard InChI is InChI=1S/C17H14N2O2/c1-2-10-19-15-9-4-3-8-14(15)16(18-19)17(21)12-6-5-7-13(20)11-12/h2-9,11,20H,1,10H2. The molecule has 0 aliphatic heterocycles. The molecule has 0 atom stereocenters. The number of para-hydroxylation sites is 1. The Morgan fingerprint density at radius 1 is 1.24 bits per heavy atom. The molecule has 104 valence electrons. The minimum absolute atomic E-state index is 0.0654. The predicted molar refractivity (Wildman–Crippen MR) is 81.5 cm³/mol. The van der Waals surface area contributed by atoms with E-state index in [2.05, 4.69) is 11.7 Å². The molecule has 0 saturated carbocycles. The third kappa shape index (κ3) is 2.31. The van der Waals surface area contributed by atoms with Crippen LogP contribution in [0.15, 0.2) is 61.2 Å². The van der Waals surface area contributed by atoms with Crippen LogP contribution in [-0.4, -0.2) is 20.7 Å². The highest BCUT2D eigenvalue weighted by Crippen LogP contribution is 2.22. The number of rotatable bonds is 4. The molecule has 0 spiro atoms. The van der Waals surface area contributed by atoms with Gasteiger partial charge in [-0.15, -0.1) is 6.58 Å². The van der Waals surface area contributed by atoms with Gasteiger partial charge in [0.05, 0.1) is 12.1 Å². The fourth-order valence-corrected chi connectivity index (χ4v) is 2.34. The number of carbonyl (C=O) groups excluding carboxylic acids is 1. The van der Waals surface area contributed by atoms with Crippen molar-refractivity contribution in [2.45, 2.75) is 6.54 Å². The third-order valence-electron chi connectivity index (χ3n) is 3.28. The van der Waals surface area contributed by atoms with Crippen LogP contribution < -0.4 is 0 Å². The van der Waals surface area contributed by atoms with Gasteiger partial charge in [-0.25, -0.2) is 0 Å². The number of phenolic OH excluding ortho intramolecular Hbond substituents is 1. The van der Waals surface area contributed by atoms with Crippen LogP contribution in [0.4, 0.5) is 0 Å². The molecule has 0 radical (unpaired) electrons. The smallest absolute Gasteiger partial charge is 0.214 e. The first-order valence-corrected chi connectivity index (χ1v) is 6.61. The molecule has 0 saturated heterocycles. The van der Waals surface area contributed by atoms with Gasteiger partial charge in [0.1, 0.15) is 11.4 Å². The van der Waals surface area contributed by atoms with Gasteiger partial charge in [-0.3, -0.25) is 9.48 Å². The molecule has 0 aliphatic rings. The Bertz CT molecular complexity index is 834. The van der Waals surface area contributed by atoms with E-state index in [0.29, 0.717) is 17.8 Å². The third-order valence-corrected chi connectivity index (χ3v) is 3.28. The molecule has 1 N–H and O–H groups in total. The Morgan fingerprint density at radius 2 is 2.05 bits per heavy atom. The molecular weight excluding hydrogens is 264 g/mol. The van der Waals surface area contributed by atoms with Crippen LogP contribution in [0, 0.1) is 0 Å². The Morgan fingerprint density at radius 3 is 2.81 bits per heavy atom. The number of nitrogens with zero attached hydrogens (tertiary/aromatic N) is 2. The topological polar surface area (TPSA) is 55.1 Å². The van der Waals surface area contributed by atoms with Gasteiger partial charge >= 0.3 is 0 Å². The zero-order chi connectivity index (χ0) is 14.8. The van der Waals surface area contributed by atoms with E-state index in [-0.39, 0.29) is 11.5 Å². The van der Waals surface area contributed by atoms with Crippen LogP contribution in [0.25, 0.3) is 10.9 Å². The highest BCUT2D eigenvalue weighted by molar-refractivity contribution is 6.15. The van der Waals surface area contributed by atoms with E-state index in [0.717, 1.165) is 10.9 Å². The average molecular weight is 278 g/mol. The number of phenols is 1. The van der Waals surface area contributed by atoms with E-state index in [1.807, 2.05) is 24.3 Å². The molecule has 0 bridgehead atoms. The molecule has 1 aromatic heterocycles. The largest absolute Gasteiger partial charge is 0.508 e. The summed E-state index contributed by atoms with van der Waals surface area (Å²) in [6.07, 6.45) is 1.74. The first-order valence-electron chi connectivity index (χ1n) is 6.61. The van der Waals surface area contributed by atoms with Crippen LogP contribution >= 0.6 is 0 Å². The second kappa shape index (κ2) is 5.25. The van der Waals surface area contributed by atoms with Crippen molar-refractivity contribution < 1.29 is 9.90 Å². The fourth-order valence-electron chi connectivity index (χ4n) is 2.34. The summed E-state index contributed by atoms with van der Waals surface area (Å²) in [6.45, 7) is 4.24. The van der Waals surface area contributed by atoms with Crippen LogP contribution in [0.1, 0.15) is 16.1 Å². The lowest BCUT2D eigenvalue weighted by Crippen LogP contribution is -2.04. The van der Waals surface area contributed by atoms with Gasteiger partial charge in [0, 0.05) is 10.9 Å². The monoisotopic (exact) mass is 278 g/mol. The molecule has 2 aromatic carbocycles. The van der Waals surface area contributed by atoms with Gasteiger partial charge in [0.15, 0.2) is 0 Å². The minimum atomic E-state index is -0.204. The molecule has 3 rings (SSSR count). The normalized spacial score (nSPS) is 10.7. The molecule has 4 nitrogen and oxygen atoms in total. The Balaban J connectivity index is 2.16. The number of benzene rings is 2. The highest BCUT2D eigenvalue weighted by Gasteiger charge is 2.18. The lowest BCUT2D eigenvalue weighted by Gasteiger charge is -1.99. The summed E-state index contributed by atoms with van der Waals surface area (Å²) < 4.78 is 1.75. The van der Waals surface area contributed by atoms with Crippen LogP contribution in [0.5, 0.6) is 5.75 Å². The predicted octanol–water partition coefficient (Wildman–Crippen LogP) is 3.16. The second-order valence-electron chi connectivity index (χ2n) is 4.72. The molecular formula is C17H14N2O2. The molecule has 1 heterocycles. The number of hydrogen-bond acceptors (Lipinski definition) is 3. The summed E-state index contributed by atoms with van der Waals surface area (Å²) in [5.41, 5.74) is 1.70. The van der Waals surface area contributed by atoms with E-state index in [4.69, 9.17) is 0 Å². The number of hydrogen-bond donors (Lipinski definition) is 1. The van der Waals surface area contributed by atoms with Gasteiger partial charge in [-0.05, 0) is 18.2 Å². The summed E-state index contributed by atoms with van der Waals surface area (Å²) in [5, 5.41) is 14.7. The van der Waals surface area contributed by atoms with Crippen LogP contribution in [0.3, 0.4) is 0 Å². The Kier molecular flexibility index (Phi) is 3.28. The lowest BCUT2D eigenvalue weighted by molar-refractivity contribution is 0.103. The van der Waals surface area contributed by atoms with Crippen molar-refractivity contribution in [3.8, 4) is 5.75 Å². The van der Waals surface area contributed by atoms with Gasteiger partial charge in [-0.1, -0.05) is 36.4 Å². The fraction of sp³-hybridized carbons (Fsp3) is 0.0588. The number of fused-ring (bicyclic) bond motifs is 1. The van der Waals surface area contributed by atoms with E-state index in [9.17, 15) is 9.90 Å². The molecule has 21 heavy (non-hydrogen) atoms. The molecule has 0 amide bonds. The lowest BCUT2D eigenvalue weighted by atomic mass is 10.1. The van der Waals surface area contributed by atoms with Gasteiger partial charge in [0.2, 0.25) is 5.78 Å². The number of aromatic nitrogens is 2. The molecule has 4 heteroatoms. The van der Waals surface area contributed by atoms with Crippen LogP contribution in [-0.2, 0) is 6.54 Å². The summed E-state index contributed by atoms with van der Waals surface area (Å²) in [7, 11) is 0. The molecule has 0 unspecified atom stereocenters. The maximum atomic E-state index is 12.6. The van der Waals surface area contributed by atoms with E-state index >= 15 is 0 Å². The Hall–Kier alpha value is -2.88. The summed E-state index contributed by atoms with van der Waals surface area (Å²) in [6, 6.07) is 13.9. The maximum absolute atomic E-state index is 12.6. The molecule has 3 aromatic rings. The first kappa shape index (κ1) is 13.1. The van der Waals surface area contributed by atoms with Crippen molar-refractivity contribution in [2.75, 3.05) is 0 Å². The van der Waals surface area contributed by atoms with Crippen molar-refractivity contribution in [1.82, 2.24) is 9.78 Å². The van der Waals surface area contributed by atoms with Crippen molar-refractivity contribution in [3.05, 3.63) is 72.4 Å². The SMILES string of the molecule is C=CCn1nc(C(=O)c2cccc(O)c2)c2ccccc21. The number of carbonyl (C=O) groups is 1. The average Bonchev–Trinajstić information content (AvgIpc) is 2.86. The van der Waals surface area contributed by atoms with Crippen molar-refractivity contribution in [2.24, 2.45) is 0 Å². The van der Waals surface area contributed by atoms with Crippen LogP contribution in [0.2, 0.25) is 0 Å². The first-order chi connectivity index (χ1) is 10.2. The zero-order valence-corrected chi connectivity index (χ0v) is 11.4. The van der Waals surface area contributed by atoms with Gasteiger partial charge in [0.25, 0.3) is 0 Å². The van der Waals surface area contributed by atoms with Gasteiger partial charge in [-0.2, -0.15) is 5.10 Å². The van der Waals surface area contributed by atoms with Crippen molar-refractivity contribution in [3.63, 3.8) is 0 Å². The van der Waals surface area contributed by atoms with Crippen molar-refractivity contribution in [1.29, 1.82) is 0 Å². The van der Waals surface area contributed by atoms with E-state index < -0.39 is 0 Å². The quantitative estimate of drug-likeness (QED) is 0.589. The summed E-state index contributed by atoms with van der Waals surface area (Å²) in [5.74, 6) is -0.138. The molecule has 0 fully saturated rings. The zero-order valence-electron chi connectivity index (χ0n) is 11.4. The van der Waals surface area contributed by atoms with Gasteiger partial charge < -0.3 is 5.11 Å². The summed E-state index contributed by atoms with van der Waals surface area (Å²) in [4.78, 5) is 12.6. The van der Waals surface area contributed by atoms with E-state index in [1.54, 1.807) is 22.9 Å². The second-order valence-corrected chi connectivity index (χ2v) is 4.72. The molecule has 0 aliphatic carbocycles. The Labute approximate surface area is 122 Å². The van der Waals surface area contributed by atoms with Crippen molar-refractivity contribution >= 4 is 16.7 Å². The minimum Gasteiger partial charge on any atom is -0.508 e. The number of ketones is 1. The number of allylic oxidation sites excluding steroid dienone is 1. The maximum Gasteiger partial charge on any atom is 0.214 e. The number of aromatic hydroxyl groups is 1. The highest BCUT2D eigenvalue weighted by atomic mass is 16.3. The van der Waals surface area contributed by atoms with E-state index in [1.165, 1.54) is 12.1 Å².